The van der Waals surface area contributed by atoms with Crippen LogP contribution in [0.25, 0.3) is 0 Å². The topological polar surface area (TPSA) is 29.1 Å². The standard InChI is InChI=1S/C11H19NO/c13-11(8-12-10-6-7-10)9-4-2-1-3-5-9/h9-10,12H,1-8H2. The second kappa shape index (κ2) is 4.23. The molecule has 13 heavy (non-hydrogen) atoms. The molecule has 2 fully saturated rings. The normalized spacial score (nSPS) is 24.6. The minimum Gasteiger partial charge on any atom is -0.307 e. The van der Waals surface area contributed by atoms with Crippen LogP contribution < -0.4 is 5.32 Å². The summed E-state index contributed by atoms with van der Waals surface area (Å²) in [5, 5.41) is 3.30. The lowest BCUT2D eigenvalue weighted by Crippen LogP contribution is -2.30. The van der Waals surface area contributed by atoms with Crippen LogP contribution >= 0.6 is 0 Å². The Kier molecular flexibility index (Phi) is 2.99. The Morgan fingerprint density at radius 2 is 1.77 bits per heavy atom. The average Bonchev–Trinajstić information content (AvgIpc) is 2.99. The molecule has 0 atom stereocenters. The molecular formula is C11H19NO. The largest absolute Gasteiger partial charge is 0.307 e. The highest BCUT2D eigenvalue weighted by molar-refractivity contribution is 5.83. The Morgan fingerprint density at radius 1 is 1.08 bits per heavy atom. The summed E-state index contributed by atoms with van der Waals surface area (Å²) in [6, 6.07) is 0.674. The van der Waals surface area contributed by atoms with Crippen molar-refractivity contribution in [2.45, 2.75) is 51.0 Å². The molecule has 0 saturated heterocycles. The average molecular weight is 181 g/mol. The predicted molar refractivity (Wildman–Crippen MR) is 52.6 cm³/mol. The van der Waals surface area contributed by atoms with Crippen molar-refractivity contribution in [3.05, 3.63) is 0 Å². The van der Waals surface area contributed by atoms with Gasteiger partial charge in [0.2, 0.25) is 0 Å². The SMILES string of the molecule is O=C(CNC1CC1)C1CCCCC1. The molecule has 0 aromatic rings. The van der Waals surface area contributed by atoms with Crippen LogP contribution in [0.2, 0.25) is 0 Å². The minimum absolute atomic E-state index is 0.389. The summed E-state index contributed by atoms with van der Waals surface area (Å²) in [7, 11) is 0. The Bertz CT molecular complexity index is 181. The maximum atomic E-state index is 11.7. The van der Waals surface area contributed by atoms with Crippen molar-refractivity contribution in [3.63, 3.8) is 0 Å². The maximum absolute atomic E-state index is 11.7. The lowest BCUT2D eigenvalue weighted by molar-refractivity contribution is -0.122. The van der Waals surface area contributed by atoms with E-state index >= 15 is 0 Å². The van der Waals surface area contributed by atoms with Gasteiger partial charge in [0.25, 0.3) is 0 Å². The lowest BCUT2D eigenvalue weighted by Gasteiger charge is -2.20. The minimum atomic E-state index is 0.389. The number of Topliss-reactive ketones (excluding diaryl/α,β-unsaturated/α-hetero) is 1. The van der Waals surface area contributed by atoms with E-state index in [4.69, 9.17) is 0 Å². The number of rotatable bonds is 4. The molecular weight excluding hydrogens is 162 g/mol. The number of ketones is 1. The molecule has 74 valence electrons. The van der Waals surface area contributed by atoms with Crippen molar-refractivity contribution in [1.29, 1.82) is 0 Å². The van der Waals surface area contributed by atoms with Gasteiger partial charge in [0.15, 0.2) is 0 Å². The third-order valence-corrected chi connectivity index (χ3v) is 3.20. The fourth-order valence-electron chi connectivity index (χ4n) is 2.10. The van der Waals surface area contributed by atoms with Crippen LogP contribution in [0.5, 0.6) is 0 Å². The van der Waals surface area contributed by atoms with E-state index in [-0.39, 0.29) is 0 Å². The third kappa shape index (κ3) is 2.80. The van der Waals surface area contributed by atoms with Crippen molar-refractivity contribution < 1.29 is 4.79 Å². The van der Waals surface area contributed by atoms with E-state index in [1.165, 1.54) is 32.1 Å². The fraction of sp³-hybridized carbons (Fsp3) is 0.909. The summed E-state index contributed by atoms with van der Waals surface area (Å²) in [4.78, 5) is 11.7. The van der Waals surface area contributed by atoms with Gasteiger partial charge in [-0.15, -0.1) is 0 Å². The number of nitrogens with one attached hydrogen (secondary N) is 1. The van der Waals surface area contributed by atoms with Gasteiger partial charge >= 0.3 is 0 Å². The molecule has 0 unspecified atom stereocenters. The molecule has 0 radical (unpaired) electrons. The molecule has 0 spiro atoms. The van der Waals surface area contributed by atoms with Gasteiger partial charge in [-0.05, 0) is 25.7 Å². The van der Waals surface area contributed by atoms with Crippen LogP contribution in [0, 0.1) is 5.92 Å². The summed E-state index contributed by atoms with van der Waals surface area (Å²) in [6.07, 6.45) is 8.70. The van der Waals surface area contributed by atoms with Crippen molar-refractivity contribution in [1.82, 2.24) is 5.32 Å². The number of hydrogen-bond donors (Lipinski definition) is 1. The second-order valence-corrected chi connectivity index (χ2v) is 4.46. The Balaban J connectivity index is 1.67. The Labute approximate surface area is 80.1 Å². The van der Waals surface area contributed by atoms with Gasteiger partial charge in [-0.25, -0.2) is 0 Å². The second-order valence-electron chi connectivity index (χ2n) is 4.46. The van der Waals surface area contributed by atoms with E-state index in [1.807, 2.05) is 0 Å². The number of carbonyl (C=O) groups excluding carboxylic acids is 1. The zero-order valence-electron chi connectivity index (χ0n) is 8.22. The van der Waals surface area contributed by atoms with E-state index in [2.05, 4.69) is 5.32 Å². The van der Waals surface area contributed by atoms with Crippen LogP contribution in [0.15, 0.2) is 0 Å². The quantitative estimate of drug-likeness (QED) is 0.717. The summed E-state index contributed by atoms with van der Waals surface area (Å²) < 4.78 is 0. The monoisotopic (exact) mass is 181 g/mol. The van der Waals surface area contributed by atoms with Crippen LogP contribution in [0.3, 0.4) is 0 Å². The van der Waals surface area contributed by atoms with Crippen molar-refractivity contribution in [2.75, 3.05) is 6.54 Å². The Morgan fingerprint density at radius 3 is 2.38 bits per heavy atom. The molecule has 2 nitrogen and oxygen atoms in total. The smallest absolute Gasteiger partial charge is 0.149 e. The maximum Gasteiger partial charge on any atom is 0.149 e. The first-order chi connectivity index (χ1) is 6.36. The van der Waals surface area contributed by atoms with Crippen LogP contribution in [0.4, 0.5) is 0 Å². The van der Waals surface area contributed by atoms with E-state index in [0.29, 0.717) is 24.3 Å². The molecule has 1 N–H and O–H groups in total. The highest BCUT2D eigenvalue weighted by Gasteiger charge is 2.24. The Hall–Kier alpha value is -0.370. The van der Waals surface area contributed by atoms with E-state index in [1.54, 1.807) is 0 Å². The molecule has 0 amide bonds. The van der Waals surface area contributed by atoms with Crippen LogP contribution in [-0.2, 0) is 4.79 Å². The molecule has 0 aromatic heterocycles. The summed E-state index contributed by atoms with van der Waals surface area (Å²) in [6.45, 7) is 0.634. The first-order valence-corrected chi connectivity index (χ1v) is 5.62. The molecule has 2 aliphatic carbocycles. The van der Waals surface area contributed by atoms with Gasteiger partial charge in [-0.3, -0.25) is 4.79 Å². The zero-order chi connectivity index (χ0) is 9.10. The predicted octanol–water partition coefficient (Wildman–Crippen LogP) is 1.89. The van der Waals surface area contributed by atoms with Gasteiger partial charge in [-0.1, -0.05) is 19.3 Å². The van der Waals surface area contributed by atoms with Crippen LogP contribution in [-0.4, -0.2) is 18.4 Å². The fourth-order valence-corrected chi connectivity index (χ4v) is 2.10. The first-order valence-electron chi connectivity index (χ1n) is 5.62. The molecule has 2 heteroatoms. The third-order valence-electron chi connectivity index (χ3n) is 3.20. The van der Waals surface area contributed by atoms with Crippen LogP contribution in [0.1, 0.15) is 44.9 Å². The molecule has 2 aliphatic rings. The number of carbonyl (C=O) groups is 1. The van der Waals surface area contributed by atoms with Gasteiger partial charge in [0.1, 0.15) is 5.78 Å². The van der Waals surface area contributed by atoms with Crippen molar-refractivity contribution in [2.24, 2.45) is 5.92 Å². The van der Waals surface area contributed by atoms with Gasteiger partial charge < -0.3 is 5.32 Å². The molecule has 0 heterocycles. The lowest BCUT2D eigenvalue weighted by atomic mass is 9.86. The van der Waals surface area contributed by atoms with Gasteiger partial charge in [-0.2, -0.15) is 0 Å². The molecule has 0 aromatic carbocycles. The first kappa shape index (κ1) is 9.20. The van der Waals surface area contributed by atoms with Gasteiger partial charge in [0, 0.05) is 12.0 Å². The number of hydrogen-bond acceptors (Lipinski definition) is 2. The molecule has 0 bridgehead atoms. The van der Waals surface area contributed by atoms with E-state index in [9.17, 15) is 4.79 Å². The van der Waals surface area contributed by atoms with Crippen molar-refractivity contribution >= 4 is 5.78 Å². The summed E-state index contributed by atoms with van der Waals surface area (Å²) >= 11 is 0. The highest BCUT2D eigenvalue weighted by atomic mass is 16.1. The molecule has 2 saturated carbocycles. The van der Waals surface area contributed by atoms with Crippen molar-refractivity contribution in [3.8, 4) is 0 Å². The summed E-state index contributed by atoms with van der Waals surface area (Å²) in [5.74, 6) is 0.853. The zero-order valence-corrected chi connectivity index (χ0v) is 8.22. The molecule has 0 aliphatic heterocycles. The summed E-state index contributed by atoms with van der Waals surface area (Å²) in [5.41, 5.74) is 0. The highest BCUT2D eigenvalue weighted by Crippen LogP contribution is 2.24. The van der Waals surface area contributed by atoms with E-state index < -0.39 is 0 Å². The molecule has 2 rings (SSSR count). The van der Waals surface area contributed by atoms with E-state index in [0.717, 1.165) is 12.8 Å². The van der Waals surface area contributed by atoms with Gasteiger partial charge in [0.05, 0.1) is 6.54 Å².